The number of nitrogens with one attached hydrogen (secondary N) is 1. The normalized spacial score (nSPS) is 34.1. The van der Waals surface area contributed by atoms with E-state index in [9.17, 15) is 24.9 Å². The van der Waals surface area contributed by atoms with Gasteiger partial charge < -0.3 is 25.2 Å². The van der Waals surface area contributed by atoms with E-state index in [1.807, 2.05) is 4.98 Å². The molecule has 9 heteroatoms. The molecule has 2 heterocycles. The molecule has 112 valence electrons. The summed E-state index contributed by atoms with van der Waals surface area (Å²) in [7, 11) is 0. The van der Waals surface area contributed by atoms with E-state index in [0.717, 1.165) is 4.57 Å². The molecule has 2 rings (SSSR count). The molecule has 0 spiro atoms. The average molecular weight is 288 g/mol. The molecule has 0 saturated carbocycles. The summed E-state index contributed by atoms with van der Waals surface area (Å²) in [5.74, 6) is 0. The first kappa shape index (κ1) is 14.9. The third-order valence-electron chi connectivity index (χ3n) is 3.29. The van der Waals surface area contributed by atoms with Crippen LogP contribution in [0.3, 0.4) is 0 Å². The number of hydrogen-bond donors (Lipinski definition) is 5. The summed E-state index contributed by atoms with van der Waals surface area (Å²) in [4.78, 5) is 25.1. The van der Waals surface area contributed by atoms with Gasteiger partial charge in [0, 0.05) is 11.8 Å². The lowest BCUT2D eigenvalue weighted by Crippen LogP contribution is -2.58. The number of aromatic amines is 1. The van der Waals surface area contributed by atoms with Crippen molar-refractivity contribution in [1.82, 2.24) is 9.55 Å². The third-order valence-corrected chi connectivity index (χ3v) is 3.29. The van der Waals surface area contributed by atoms with Gasteiger partial charge in [-0.15, -0.1) is 0 Å². The van der Waals surface area contributed by atoms with Gasteiger partial charge in [0.15, 0.2) is 6.23 Å². The van der Waals surface area contributed by atoms with Crippen LogP contribution in [0.25, 0.3) is 0 Å². The highest BCUT2D eigenvalue weighted by Gasteiger charge is 2.44. The van der Waals surface area contributed by atoms with Crippen molar-refractivity contribution < 1.29 is 25.2 Å². The fourth-order valence-electron chi connectivity index (χ4n) is 2.09. The SMILES string of the molecule is Cc1cn([C@@H]2OC(CO)[C@@H](O)C(O)C2O)c(=O)[nH]c1=O. The predicted molar refractivity (Wildman–Crippen MR) is 65.1 cm³/mol. The molecule has 1 aromatic rings. The Morgan fingerprint density at radius 3 is 2.50 bits per heavy atom. The molecule has 9 nitrogen and oxygen atoms in total. The molecule has 1 aliphatic rings. The predicted octanol–water partition coefficient (Wildman–Crippen LogP) is -3.18. The standard InChI is InChI=1S/C11H16N2O7/c1-4-2-13(11(19)12-9(4)18)10-8(17)7(16)6(15)5(3-14)20-10/h2,5-8,10,14-17H,3H2,1H3,(H,12,18,19)/t5?,6-,7?,8?,10-/m1/s1. The minimum atomic E-state index is -1.59. The van der Waals surface area contributed by atoms with Crippen molar-refractivity contribution in [2.75, 3.05) is 6.61 Å². The summed E-state index contributed by atoms with van der Waals surface area (Å²) < 4.78 is 6.13. The zero-order chi connectivity index (χ0) is 15.0. The van der Waals surface area contributed by atoms with Gasteiger partial charge in [-0.2, -0.15) is 0 Å². The van der Waals surface area contributed by atoms with Crippen LogP contribution in [-0.4, -0.2) is 61.0 Å². The molecule has 5 atom stereocenters. The number of H-pyrrole nitrogens is 1. The topological polar surface area (TPSA) is 145 Å². The number of aryl methyl sites for hydroxylation is 1. The van der Waals surface area contributed by atoms with E-state index < -0.39 is 48.5 Å². The Labute approximate surface area is 112 Å². The largest absolute Gasteiger partial charge is 0.394 e. The average Bonchev–Trinajstić information content (AvgIpc) is 2.41. The summed E-state index contributed by atoms with van der Waals surface area (Å²) >= 11 is 0. The monoisotopic (exact) mass is 288 g/mol. The summed E-state index contributed by atoms with van der Waals surface area (Å²) in [6, 6.07) is 0. The Morgan fingerprint density at radius 1 is 1.25 bits per heavy atom. The van der Waals surface area contributed by atoms with E-state index in [1.165, 1.54) is 13.1 Å². The zero-order valence-corrected chi connectivity index (χ0v) is 10.6. The van der Waals surface area contributed by atoms with Crippen molar-refractivity contribution in [3.8, 4) is 0 Å². The van der Waals surface area contributed by atoms with Gasteiger partial charge >= 0.3 is 5.69 Å². The van der Waals surface area contributed by atoms with Gasteiger partial charge in [-0.3, -0.25) is 14.3 Å². The molecular weight excluding hydrogens is 272 g/mol. The van der Waals surface area contributed by atoms with Crippen molar-refractivity contribution in [3.63, 3.8) is 0 Å². The van der Waals surface area contributed by atoms with Crippen LogP contribution in [0.2, 0.25) is 0 Å². The second-order valence-corrected chi connectivity index (χ2v) is 4.70. The van der Waals surface area contributed by atoms with Crippen LogP contribution >= 0.6 is 0 Å². The van der Waals surface area contributed by atoms with Crippen molar-refractivity contribution in [3.05, 3.63) is 32.6 Å². The number of nitrogens with zero attached hydrogens (tertiary/aromatic N) is 1. The minimum absolute atomic E-state index is 0.210. The number of rotatable bonds is 2. The molecule has 0 aliphatic carbocycles. The summed E-state index contributed by atoms with van der Waals surface area (Å²) in [5.41, 5.74) is -1.19. The summed E-state index contributed by atoms with van der Waals surface area (Å²) in [5, 5.41) is 38.3. The molecule has 1 aliphatic heterocycles. The third kappa shape index (κ3) is 2.41. The van der Waals surface area contributed by atoms with Crippen molar-refractivity contribution in [2.24, 2.45) is 0 Å². The lowest BCUT2D eigenvalue weighted by atomic mass is 9.98. The Hall–Kier alpha value is -1.52. The molecule has 3 unspecified atom stereocenters. The maximum atomic E-state index is 11.7. The highest BCUT2D eigenvalue weighted by Crippen LogP contribution is 2.27. The first-order valence-corrected chi connectivity index (χ1v) is 5.99. The van der Waals surface area contributed by atoms with Crippen molar-refractivity contribution >= 4 is 0 Å². The van der Waals surface area contributed by atoms with Crippen LogP contribution in [0.1, 0.15) is 11.8 Å². The number of aliphatic hydroxyl groups excluding tert-OH is 4. The molecule has 0 radical (unpaired) electrons. The molecule has 5 N–H and O–H groups in total. The van der Waals surface area contributed by atoms with Gasteiger partial charge in [0.05, 0.1) is 6.61 Å². The molecule has 1 aromatic heterocycles. The number of aromatic nitrogens is 2. The fourth-order valence-corrected chi connectivity index (χ4v) is 2.09. The second kappa shape index (κ2) is 5.46. The lowest BCUT2D eigenvalue weighted by Gasteiger charge is -2.40. The van der Waals surface area contributed by atoms with Gasteiger partial charge in [0.25, 0.3) is 5.56 Å². The molecular formula is C11H16N2O7. The number of ether oxygens (including phenoxy) is 1. The Kier molecular flexibility index (Phi) is 4.06. The van der Waals surface area contributed by atoms with Crippen LogP contribution in [0, 0.1) is 6.92 Å². The number of hydrogen-bond acceptors (Lipinski definition) is 7. The van der Waals surface area contributed by atoms with Crippen molar-refractivity contribution in [1.29, 1.82) is 0 Å². The van der Waals surface area contributed by atoms with Crippen LogP contribution in [0.4, 0.5) is 0 Å². The van der Waals surface area contributed by atoms with Crippen LogP contribution in [-0.2, 0) is 4.74 Å². The van der Waals surface area contributed by atoms with E-state index in [-0.39, 0.29) is 5.56 Å². The minimum Gasteiger partial charge on any atom is -0.394 e. The Balaban J connectivity index is 2.44. The summed E-state index contributed by atoms with van der Waals surface area (Å²) in [6.45, 7) is 0.858. The van der Waals surface area contributed by atoms with Gasteiger partial charge in [-0.25, -0.2) is 4.79 Å². The quantitative estimate of drug-likeness (QED) is 0.385. The molecule has 0 bridgehead atoms. The Bertz CT molecular complexity index is 593. The van der Waals surface area contributed by atoms with E-state index >= 15 is 0 Å². The lowest BCUT2D eigenvalue weighted by molar-refractivity contribution is -0.252. The molecule has 0 aromatic carbocycles. The van der Waals surface area contributed by atoms with Gasteiger partial charge in [-0.1, -0.05) is 0 Å². The Morgan fingerprint density at radius 2 is 1.90 bits per heavy atom. The smallest absolute Gasteiger partial charge is 0.330 e. The first-order chi connectivity index (χ1) is 9.36. The molecule has 1 saturated heterocycles. The van der Waals surface area contributed by atoms with Gasteiger partial charge in [-0.05, 0) is 6.92 Å². The molecule has 1 fully saturated rings. The highest BCUT2D eigenvalue weighted by molar-refractivity contribution is 5.03. The van der Waals surface area contributed by atoms with E-state index in [2.05, 4.69) is 0 Å². The maximum absolute atomic E-state index is 11.7. The maximum Gasteiger partial charge on any atom is 0.330 e. The van der Waals surface area contributed by atoms with E-state index in [4.69, 9.17) is 9.84 Å². The second-order valence-electron chi connectivity index (χ2n) is 4.70. The summed E-state index contributed by atoms with van der Waals surface area (Å²) in [6.07, 6.45) is -5.97. The highest BCUT2D eigenvalue weighted by atomic mass is 16.6. The fraction of sp³-hybridized carbons (Fsp3) is 0.636. The van der Waals surface area contributed by atoms with E-state index in [0.29, 0.717) is 0 Å². The number of aliphatic hydroxyl groups is 4. The van der Waals surface area contributed by atoms with Gasteiger partial charge in [0.2, 0.25) is 0 Å². The zero-order valence-electron chi connectivity index (χ0n) is 10.6. The van der Waals surface area contributed by atoms with E-state index in [1.54, 1.807) is 0 Å². The van der Waals surface area contributed by atoms with Gasteiger partial charge in [0.1, 0.15) is 24.4 Å². The van der Waals surface area contributed by atoms with Crippen molar-refractivity contribution in [2.45, 2.75) is 37.6 Å². The van der Waals surface area contributed by atoms with Crippen LogP contribution in [0.5, 0.6) is 0 Å². The first-order valence-electron chi connectivity index (χ1n) is 5.99. The molecule has 20 heavy (non-hydrogen) atoms. The molecule has 0 amide bonds. The van der Waals surface area contributed by atoms with Crippen LogP contribution < -0.4 is 11.2 Å². The van der Waals surface area contributed by atoms with Crippen LogP contribution in [0.15, 0.2) is 15.8 Å².